The number of carbonyl (C=O) groups excluding carboxylic acids is 1. The van der Waals surface area contributed by atoms with Crippen LogP contribution >= 0.6 is 7.60 Å². The van der Waals surface area contributed by atoms with Crippen LogP contribution in [0.2, 0.25) is 0 Å². The topological polar surface area (TPSA) is 89.5 Å². The predicted molar refractivity (Wildman–Crippen MR) is 29.1 cm³/mol. The van der Waals surface area contributed by atoms with Crippen molar-refractivity contribution >= 4 is 13.6 Å². The van der Waals surface area contributed by atoms with Crippen LogP contribution in [-0.2, 0) is 13.9 Å². The molecule has 0 heterocycles. The first-order valence-electron chi connectivity index (χ1n) is 2.62. The standard InChI is InChI=1S/C4H9O5P.2K/c1-2-9-10(7,8)3-4(5)6;;/h2-3H2,1H3,(H,5,6)(H,7,8);;/q;2*+1/p-2. The van der Waals surface area contributed by atoms with Crippen molar-refractivity contribution in [1.29, 1.82) is 0 Å². The third-order valence-corrected chi connectivity index (χ3v) is 1.95. The van der Waals surface area contributed by atoms with Gasteiger partial charge >= 0.3 is 103 Å². The summed E-state index contributed by atoms with van der Waals surface area (Å²) < 4.78 is 14.5. The Labute approximate surface area is 156 Å². The Hall–Kier alpha value is 2.89. The number of rotatable bonds is 4. The van der Waals surface area contributed by atoms with E-state index in [2.05, 4.69) is 4.52 Å². The Morgan fingerprint density at radius 3 is 2.17 bits per heavy atom. The third-order valence-electron chi connectivity index (χ3n) is 0.649. The smallest absolute Gasteiger partial charge is 0.778 e. The van der Waals surface area contributed by atoms with E-state index in [0.717, 1.165) is 0 Å². The second-order valence-corrected chi connectivity index (χ2v) is 3.36. The number of carbonyl (C=O) groups is 1. The van der Waals surface area contributed by atoms with Gasteiger partial charge in [-0.2, -0.15) is 0 Å². The van der Waals surface area contributed by atoms with E-state index in [9.17, 15) is 19.4 Å². The molecule has 0 radical (unpaired) electrons. The van der Waals surface area contributed by atoms with Crippen LogP contribution < -0.4 is 113 Å². The molecule has 8 heteroatoms. The summed E-state index contributed by atoms with van der Waals surface area (Å²) >= 11 is 0. The first-order valence-corrected chi connectivity index (χ1v) is 4.35. The fourth-order valence-corrected chi connectivity index (χ4v) is 1.20. The summed E-state index contributed by atoms with van der Waals surface area (Å²) in [7, 11) is -4.16. The molecule has 0 aromatic carbocycles. The van der Waals surface area contributed by atoms with Crippen LogP contribution in [0.25, 0.3) is 0 Å². The molecule has 0 saturated heterocycles. The number of carboxylic acid groups (broad SMARTS) is 1. The summed E-state index contributed by atoms with van der Waals surface area (Å²) in [5, 5.41) is 9.73. The Balaban J connectivity index is -0.000000405. The van der Waals surface area contributed by atoms with Crippen LogP contribution in [-0.4, -0.2) is 18.7 Å². The van der Waals surface area contributed by atoms with Gasteiger partial charge in [0.05, 0.1) is 12.8 Å². The van der Waals surface area contributed by atoms with Crippen LogP contribution in [0.1, 0.15) is 6.92 Å². The monoisotopic (exact) mass is 244 g/mol. The van der Waals surface area contributed by atoms with Gasteiger partial charge in [-0.1, -0.05) is 0 Å². The Bertz CT molecular complexity index is 173. The van der Waals surface area contributed by atoms with Crippen molar-refractivity contribution < 1.29 is 127 Å². The van der Waals surface area contributed by atoms with Crippen molar-refractivity contribution in [1.82, 2.24) is 0 Å². The predicted octanol–water partition coefficient (Wildman–Crippen LogP) is -7.67. The fourth-order valence-electron chi connectivity index (χ4n) is 0.400. The van der Waals surface area contributed by atoms with E-state index >= 15 is 0 Å². The molecule has 0 aliphatic carbocycles. The van der Waals surface area contributed by atoms with Crippen LogP contribution in [0.15, 0.2) is 0 Å². The molecule has 0 spiro atoms. The first kappa shape index (κ1) is 20.3. The molecule has 0 rings (SSSR count). The third kappa shape index (κ3) is 12.9. The molecule has 0 amide bonds. The maximum atomic E-state index is 10.4. The van der Waals surface area contributed by atoms with Gasteiger partial charge in [0.1, 0.15) is 7.60 Å². The quantitative estimate of drug-likeness (QED) is 0.362. The van der Waals surface area contributed by atoms with Crippen molar-refractivity contribution in [3.05, 3.63) is 0 Å². The molecule has 0 aromatic heterocycles. The zero-order valence-electron chi connectivity index (χ0n) is 7.40. The van der Waals surface area contributed by atoms with Gasteiger partial charge in [-0.15, -0.1) is 0 Å². The van der Waals surface area contributed by atoms with E-state index in [4.69, 9.17) is 0 Å². The number of hydrogen-bond donors (Lipinski definition) is 0. The summed E-state index contributed by atoms with van der Waals surface area (Å²) in [6.45, 7) is 1.41. The molecule has 5 nitrogen and oxygen atoms in total. The molecule has 1 unspecified atom stereocenters. The van der Waals surface area contributed by atoms with Gasteiger partial charge in [-0.05, 0) is 6.92 Å². The molecule has 0 saturated carbocycles. The SMILES string of the molecule is CCOP(=O)([O-])CC(=O)[O-].[K+].[K+]. The molecule has 0 fully saturated rings. The Morgan fingerprint density at radius 1 is 1.50 bits per heavy atom. The molecule has 0 aliphatic rings. The van der Waals surface area contributed by atoms with Crippen molar-refractivity contribution in [2.24, 2.45) is 0 Å². The fraction of sp³-hybridized carbons (Fsp3) is 0.750. The van der Waals surface area contributed by atoms with Crippen molar-refractivity contribution in [3.63, 3.8) is 0 Å². The molecule has 1 atom stereocenters. The summed E-state index contributed by atoms with van der Waals surface area (Å²) in [4.78, 5) is 20.2. The molecule has 0 aliphatic heterocycles. The van der Waals surface area contributed by atoms with E-state index in [1.165, 1.54) is 6.92 Å². The summed E-state index contributed by atoms with van der Waals surface area (Å²) in [6.07, 6.45) is -1.05. The zero-order valence-corrected chi connectivity index (χ0v) is 14.5. The normalized spacial score (nSPS) is 13.5. The average molecular weight is 244 g/mol. The van der Waals surface area contributed by atoms with Gasteiger partial charge < -0.3 is 23.9 Å². The van der Waals surface area contributed by atoms with Gasteiger partial charge in [-0.25, -0.2) is 0 Å². The molecule has 12 heavy (non-hydrogen) atoms. The van der Waals surface area contributed by atoms with E-state index in [0.29, 0.717) is 0 Å². The molecule has 60 valence electrons. The van der Waals surface area contributed by atoms with Crippen LogP contribution in [0.5, 0.6) is 0 Å². The van der Waals surface area contributed by atoms with Gasteiger partial charge in [0.15, 0.2) is 0 Å². The summed E-state index contributed by atoms with van der Waals surface area (Å²) in [5.41, 5.74) is 0. The van der Waals surface area contributed by atoms with E-state index in [-0.39, 0.29) is 109 Å². The Kier molecular flexibility index (Phi) is 17.6. The summed E-state index contributed by atoms with van der Waals surface area (Å²) in [5.74, 6) is -1.65. The second kappa shape index (κ2) is 10.4. The molecule has 0 bridgehead atoms. The molecular formula is C4H7K2O5P. The molecular weight excluding hydrogens is 237 g/mol. The van der Waals surface area contributed by atoms with Crippen molar-refractivity contribution in [2.45, 2.75) is 6.92 Å². The Morgan fingerprint density at radius 2 is 1.92 bits per heavy atom. The van der Waals surface area contributed by atoms with Crippen LogP contribution in [0, 0.1) is 0 Å². The van der Waals surface area contributed by atoms with E-state index in [1.54, 1.807) is 0 Å². The van der Waals surface area contributed by atoms with Gasteiger partial charge in [-0.3, -0.25) is 0 Å². The average Bonchev–Trinajstić information content (AvgIpc) is 1.59. The second-order valence-electron chi connectivity index (χ2n) is 1.56. The largest absolute Gasteiger partial charge is 1.00 e. The van der Waals surface area contributed by atoms with Crippen molar-refractivity contribution in [2.75, 3.05) is 12.8 Å². The minimum atomic E-state index is -4.16. The van der Waals surface area contributed by atoms with Gasteiger partial charge in [0, 0.05) is 5.97 Å². The zero-order chi connectivity index (χ0) is 8.20. The van der Waals surface area contributed by atoms with Gasteiger partial charge in [0.25, 0.3) is 0 Å². The van der Waals surface area contributed by atoms with E-state index in [1.807, 2.05) is 0 Å². The number of hydrogen-bond acceptors (Lipinski definition) is 5. The van der Waals surface area contributed by atoms with Crippen LogP contribution in [0.3, 0.4) is 0 Å². The molecule has 0 aromatic rings. The minimum Gasteiger partial charge on any atom is -0.778 e. The first-order chi connectivity index (χ1) is 4.48. The maximum Gasteiger partial charge on any atom is 1.00 e. The van der Waals surface area contributed by atoms with E-state index < -0.39 is 19.7 Å². The summed E-state index contributed by atoms with van der Waals surface area (Å²) in [6, 6.07) is 0. The number of aliphatic carboxylic acids is 1. The minimum absolute atomic E-state index is 0. The maximum absolute atomic E-state index is 10.4. The van der Waals surface area contributed by atoms with Crippen LogP contribution in [0.4, 0.5) is 0 Å². The van der Waals surface area contributed by atoms with Crippen molar-refractivity contribution in [3.8, 4) is 0 Å². The van der Waals surface area contributed by atoms with Gasteiger partial charge in [0.2, 0.25) is 0 Å². The number of carboxylic acids is 1. The molecule has 0 N–H and O–H groups in total.